The zero-order valence-corrected chi connectivity index (χ0v) is 11.6. The van der Waals surface area contributed by atoms with Crippen molar-refractivity contribution in [3.63, 3.8) is 0 Å². The maximum absolute atomic E-state index is 4.09. The van der Waals surface area contributed by atoms with Gasteiger partial charge in [0.05, 0.1) is 0 Å². The normalized spacial score (nSPS) is 12.5. The summed E-state index contributed by atoms with van der Waals surface area (Å²) in [6.45, 7) is 3.27. The summed E-state index contributed by atoms with van der Waals surface area (Å²) in [7, 11) is 0. The van der Waals surface area contributed by atoms with E-state index in [1.807, 2.05) is 12.4 Å². The molecule has 0 aliphatic heterocycles. The van der Waals surface area contributed by atoms with E-state index in [1.54, 1.807) is 11.3 Å². The first-order valence-electron chi connectivity index (χ1n) is 6.54. The van der Waals surface area contributed by atoms with Crippen LogP contribution in [0.25, 0.3) is 0 Å². The molecule has 0 amide bonds. The third-order valence-corrected chi connectivity index (χ3v) is 3.78. The smallest absolute Gasteiger partial charge is 0.0324 e. The van der Waals surface area contributed by atoms with Crippen LogP contribution in [0.15, 0.2) is 41.4 Å². The van der Waals surface area contributed by atoms with E-state index in [1.165, 1.54) is 17.5 Å². The second kappa shape index (κ2) is 7.29. The van der Waals surface area contributed by atoms with Gasteiger partial charge in [0.15, 0.2) is 0 Å². The van der Waals surface area contributed by atoms with Crippen LogP contribution in [0.1, 0.15) is 36.9 Å². The van der Waals surface area contributed by atoms with Crippen molar-refractivity contribution in [1.29, 1.82) is 0 Å². The van der Waals surface area contributed by atoms with Crippen LogP contribution < -0.4 is 5.32 Å². The van der Waals surface area contributed by atoms with E-state index < -0.39 is 0 Å². The van der Waals surface area contributed by atoms with Crippen LogP contribution >= 0.6 is 11.3 Å². The molecule has 2 aromatic rings. The van der Waals surface area contributed by atoms with Crippen LogP contribution in [0, 0.1) is 0 Å². The summed E-state index contributed by atoms with van der Waals surface area (Å²) in [5.41, 5.74) is 2.78. The molecule has 1 atom stereocenters. The van der Waals surface area contributed by atoms with E-state index in [0.29, 0.717) is 6.04 Å². The second-order valence-corrected chi connectivity index (χ2v) is 5.24. The SMILES string of the molecule is CCCNC(CCc1ccsc1)c1ccncc1. The van der Waals surface area contributed by atoms with Crippen LogP contribution in [0.5, 0.6) is 0 Å². The predicted molar refractivity (Wildman–Crippen MR) is 77.9 cm³/mol. The van der Waals surface area contributed by atoms with Crippen LogP contribution in [0.2, 0.25) is 0 Å². The Balaban J connectivity index is 1.96. The molecule has 0 spiro atoms. The molecule has 1 N–H and O–H groups in total. The molecule has 1 unspecified atom stereocenters. The Kier molecular flexibility index (Phi) is 5.36. The van der Waals surface area contributed by atoms with Gasteiger partial charge >= 0.3 is 0 Å². The van der Waals surface area contributed by atoms with Gasteiger partial charge in [-0.15, -0.1) is 0 Å². The standard InChI is InChI=1S/C15H20N2S/c1-2-8-17-15(14-5-9-16-10-6-14)4-3-13-7-11-18-12-13/h5-7,9-12,15,17H,2-4,8H2,1H3. The van der Waals surface area contributed by atoms with Crippen molar-refractivity contribution in [1.82, 2.24) is 10.3 Å². The van der Waals surface area contributed by atoms with Crippen molar-refractivity contribution in [3.05, 3.63) is 52.5 Å². The van der Waals surface area contributed by atoms with Crippen LogP contribution in [0.3, 0.4) is 0 Å². The lowest BCUT2D eigenvalue weighted by molar-refractivity contribution is 0.499. The number of nitrogens with zero attached hydrogens (tertiary/aromatic N) is 1. The summed E-state index contributed by atoms with van der Waals surface area (Å²) in [6, 6.07) is 6.88. The molecule has 3 heteroatoms. The number of rotatable bonds is 7. The first-order chi connectivity index (χ1) is 8.90. The first-order valence-corrected chi connectivity index (χ1v) is 7.49. The fourth-order valence-electron chi connectivity index (χ4n) is 2.05. The van der Waals surface area contributed by atoms with E-state index in [-0.39, 0.29) is 0 Å². The molecular weight excluding hydrogens is 240 g/mol. The fraction of sp³-hybridized carbons (Fsp3) is 0.400. The van der Waals surface area contributed by atoms with Crippen molar-refractivity contribution in [3.8, 4) is 0 Å². The Labute approximate surface area is 113 Å². The molecular formula is C15H20N2S. The van der Waals surface area contributed by atoms with E-state index in [0.717, 1.165) is 19.4 Å². The van der Waals surface area contributed by atoms with Crippen LogP contribution in [0.4, 0.5) is 0 Å². The van der Waals surface area contributed by atoms with Gasteiger partial charge in [-0.2, -0.15) is 11.3 Å². The maximum Gasteiger partial charge on any atom is 0.0324 e. The summed E-state index contributed by atoms with van der Waals surface area (Å²) in [6.07, 6.45) is 7.19. The third-order valence-electron chi connectivity index (χ3n) is 3.05. The predicted octanol–water partition coefficient (Wildman–Crippen LogP) is 3.82. The van der Waals surface area contributed by atoms with E-state index >= 15 is 0 Å². The van der Waals surface area contributed by atoms with Gasteiger partial charge in [0.1, 0.15) is 0 Å². The number of hydrogen-bond acceptors (Lipinski definition) is 3. The molecule has 18 heavy (non-hydrogen) atoms. The summed E-state index contributed by atoms with van der Waals surface area (Å²) >= 11 is 1.77. The maximum atomic E-state index is 4.09. The molecule has 0 saturated heterocycles. The summed E-state index contributed by atoms with van der Waals surface area (Å²) in [5.74, 6) is 0. The molecule has 0 fully saturated rings. The minimum atomic E-state index is 0.438. The average Bonchev–Trinajstić information content (AvgIpc) is 2.93. The van der Waals surface area contributed by atoms with Crippen LogP contribution in [-0.2, 0) is 6.42 Å². The molecule has 0 saturated carbocycles. The molecule has 96 valence electrons. The molecule has 2 nitrogen and oxygen atoms in total. The monoisotopic (exact) mass is 260 g/mol. The summed E-state index contributed by atoms with van der Waals surface area (Å²) in [5, 5.41) is 8.01. The number of hydrogen-bond donors (Lipinski definition) is 1. The number of aromatic nitrogens is 1. The van der Waals surface area contributed by atoms with Gasteiger partial charge in [-0.05, 0) is 65.9 Å². The van der Waals surface area contributed by atoms with Crippen molar-refractivity contribution < 1.29 is 0 Å². The average molecular weight is 260 g/mol. The number of thiophene rings is 1. The second-order valence-electron chi connectivity index (χ2n) is 4.46. The summed E-state index contributed by atoms with van der Waals surface area (Å²) in [4.78, 5) is 4.09. The van der Waals surface area contributed by atoms with E-state index in [2.05, 4.69) is 46.2 Å². The zero-order valence-electron chi connectivity index (χ0n) is 10.8. The molecule has 2 rings (SSSR count). The molecule has 2 heterocycles. The van der Waals surface area contributed by atoms with Gasteiger partial charge in [-0.25, -0.2) is 0 Å². The first kappa shape index (κ1) is 13.2. The van der Waals surface area contributed by atoms with E-state index in [9.17, 15) is 0 Å². The van der Waals surface area contributed by atoms with Crippen molar-refractivity contribution in [2.45, 2.75) is 32.2 Å². The molecule has 0 radical (unpaired) electrons. The number of pyridine rings is 1. The highest BCUT2D eigenvalue weighted by Crippen LogP contribution is 2.19. The lowest BCUT2D eigenvalue weighted by Crippen LogP contribution is -2.22. The minimum absolute atomic E-state index is 0.438. The Morgan fingerprint density at radius 3 is 2.78 bits per heavy atom. The van der Waals surface area contributed by atoms with Gasteiger partial charge in [0.25, 0.3) is 0 Å². The van der Waals surface area contributed by atoms with Crippen molar-refractivity contribution >= 4 is 11.3 Å². The third kappa shape index (κ3) is 3.93. The van der Waals surface area contributed by atoms with Gasteiger partial charge in [-0.3, -0.25) is 4.98 Å². The Morgan fingerprint density at radius 1 is 1.28 bits per heavy atom. The molecule has 2 aromatic heterocycles. The highest BCUT2D eigenvalue weighted by Gasteiger charge is 2.10. The van der Waals surface area contributed by atoms with Crippen LogP contribution in [-0.4, -0.2) is 11.5 Å². The van der Waals surface area contributed by atoms with Gasteiger partial charge in [0, 0.05) is 18.4 Å². The molecule has 0 aliphatic carbocycles. The lowest BCUT2D eigenvalue weighted by Gasteiger charge is -2.18. The molecule has 0 bridgehead atoms. The quantitative estimate of drug-likeness (QED) is 0.818. The highest BCUT2D eigenvalue weighted by molar-refractivity contribution is 7.07. The summed E-state index contributed by atoms with van der Waals surface area (Å²) < 4.78 is 0. The Morgan fingerprint density at radius 2 is 2.11 bits per heavy atom. The Bertz CT molecular complexity index is 425. The fourth-order valence-corrected chi connectivity index (χ4v) is 2.75. The lowest BCUT2D eigenvalue weighted by atomic mass is 10.0. The zero-order chi connectivity index (χ0) is 12.6. The molecule has 0 aromatic carbocycles. The number of aryl methyl sites for hydroxylation is 1. The van der Waals surface area contributed by atoms with Crippen molar-refractivity contribution in [2.75, 3.05) is 6.54 Å². The van der Waals surface area contributed by atoms with E-state index in [4.69, 9.17) is 0 Å². The Hall–Kier alpha value is -1.19. The van der Waals surface area contributed by atoms with Crippen molar-refractivity contribution in [2.24, 2.45) is 0 Å². The van der Waals surface area contributed by atoms with Gasteiger partial charge < -0.3 is 5.32 Å². The largest absolute Gasteiger partial charge is 0.310 e. The highest BCUT2D eigenvalue weighted by atomic mass is 32.1. The van der Waals surface area contributed by atoms with Gasteiger partial charge in [-0.1, -0.05) is 6.92 Å². The minimum Gasteiger partial charge on any atom is -0.310 e. The molecule has 0 aliphatic rings. The topological polar surface area (TPSA) is 24.9 Å². The van der Waals surface area contributed by atoms with Gasteiger partial charge in [0.2, 0.25) is 0 Å². The number of nitrogens with one attached hydrogen (secondary N) is 1.